The van der Waals surface area contributed by atoms with Crippen molar-refractivity contribution in [3.8, 4) is 22.9 Å². The summed E-state index contributed by atoms with van der Waals surface area (Å²) >= 11 is 6.06. The number of aromatic amines is 1. The highest BCUT2D eigenvalue weighted by molar-refractivity contribution is 6.30. The van der Waals surface area contributed by atoms with Crippen LogP contribution in [0.5, 0.6) is 11.6 Å². The van der Waals surface area contributed by atoms with Gasteiger partial charge in [-0.15, -0.1) is 0 Å². The number of fused-ring (bicyclic) bond motifs is 2. The number of hydrogen-bond donors (Lipinski definition) is 2. The Balaban J connectivity index is 1.42. The van der Waals surface area contributed by atoms with Crippen LogP contribution in [-0.4, -0.2) is 24.9 Å². The number of rotatable bonds is 4. The Morgan fingerprint density at radius 1 is 1.03 bits per heavy atom. The molecule has 5 aromatic rings. The molecule has 0 bridgehead atoms. The Hall–Kier alpha value is -4.27. The highest BCUT2D eigenvalue weighted by Gasteiger charge is 2.25. The lowest BCUT2D eigenvalue weighted by atomic mass is 9.97. The number of nitrogens with two attached hydrogens (primary N) is 1. The second-order valence-electron chi connectivity index (χ2n) is 8.14. The van der Waals surface area contributed by atoms with E-state index in [9.17, 15) is 0 Å². The molecular weight excluding hydrogens is 462 g/mol. The molecule has 0 saturated heterocycles. The summed E-state index contributed by atoms with van der Waals surface area (Å²) in [6, 6.07) is 15.4. The van der Waals surface area contributed by atoms with Gasteiger partial charge in [0.25, 0.3) is 0 Å². The third kappa shape index (κ3) is 3.69. The number of nitrogens with zero attached hydrogens (tertiary/aromatic N) is 5. The van der Waals surface area contributed by atoms with Crippen molar-refractivity contribution in [1.82, 2.24) is 24.9 Å². The highest BCUT2D eigenvalue weighted by atomic mass is 35.5. The maximum Gasteiger partial charge on any atom is 0.228 e. The third-order valence-corrected chi connectivity index (χ3v) is 6.27. The van der Waals surface area contributed by atoms with E-state index in [-0.39, 0.29) is 0 Å². The van der Waals surface area contributed by atoms with Crippen LogP contribution in [0.25, 0.3) is 28.5 Å². The molecule has 2 aromatic carbocycles. The van der Waals surface area contributed by atoms with Crippen LogP contribution in [0.4, 0.5) is 5.69 Å². The number of nitrogens with one attached hydrogen (secondary N) is 1. The molecule has 4 heterocycles. The van der Waals surface area contributed by atoms with Crippen molar-refractivity contribution in [3.05, 3.63) is 95.3 Å². The summed E-state index contributed by atoms with van der Waals surface area (Å²) in [7, 11) is 0. The zero-order chi connectivity index (χ0) is 23.9. The Bertz CT molecular complexity index is 1580. The molecule has 3 aromatic heterocycles. The summed E-state index contributed by atoms with van der Waals surface area (Å²) in [6.07, 6.45) is 8.34. The number of pyridine rings is 1. The molecule has 35 heavy (non-hydrogen) atoms. The minimum atomic E-state index is -0.395. The second kappa shape index (κ2) is 8.50. The second-order valence-corrected chi connectivity index (χ2v) is 8.58. The number of aromatic nitrogens is 5. The van der Waals surface area contributed by atoms with E-state index in [2.05, 4.69) is 24.9 Å². The van der Waals surface area contributed by atoms with E-state index in [1.807, 2.05) is 72.6 Å². The minimum Gasteiger partial charge on any atom is -0.437 e. The average Bonchev–Trinajstić information content (AvgIpc) is 3.36. The summed E-state index contributed by atoms with van der Waals surface area (Å²) in [6.45, 7) is 2.00. The maximum atomic E-state index is 6.69. The van der Waals surface area contributed by atoms with Crippen molar-refractivity contribution >= 4 is 34.5 Å². The van der Waals surface area contributed by atoms with E-state index >= 15 is 0 Å². The van der Waals surface area contributed by atoms with Gasteiger partial charge in [-0.2, -0.15) is 0 Å². The van der Waals surface area contributed by atoms with Gasteiger partial charge in [0.2, 0.25) is 5.88 Å². The van der Waals surface area contributed by atoms with Crippen LogP contribution in [0.1, 0.15) is 22.9 Å². The lowest BCUT2D eigenvalue weighted by Gasteiger charge is -2.33. The van der Waals surface area contributed by atoms with Crippen molar-refractivity contribution in [1.29, 1.82) is 0 Å². The van der Waals surface area contributed by atoms with E-state index in [0.717, 1.165) is 33.5 Å². The standard InChI is InChI=1S/C26H20ClN7O/c1-15-4-9-19-18(10-12-34(24(19)28)17-7-5-16(27)6-8-17)23(15)35-26-20(3-2-11-29-26)21-22-25(32-13-30-21)33-14-31-22/h2-14,24H,28H2,1H3,(H,30,31,32,33). The topological polar surface area (TPSA) is 106 Å². The maximum absolute atomic E-state index is 6.69. The SMILES string of the molecule is Cc1ccc2c(c1Oc1ncccc1-c1ncnc3nc[nH]c13)C=CN(c1ccc(Cl)cc1)C2N. The molecule has 1 atom stereocenters. The molecule has 0 fully saturated rings. The quantitative estimate of drug-likeness (QED) is 0.343. The fourth-order valence-corrected chi connectivity index (χ4v) is 4.39. The Morgan fingerprint density at radius 2 is 1.89 bits per heavy atom. The molecule has 1 aliphatic heterocycles. The van der Waals surface area contributed by atoms with Crippen LogP contribution in [0.3, 0.4) is 0 Å². The number of imidazole rings is 1. The van der Waals surface area contributed by atoms with Gasteiger partial charge < -0.3 is 20.4 Å². The van der Waals surface area contributed by atoms with E-state index in [1.165, 1.54) is 6.33 Å². The number of hydrogen-bond acceptors (Lipinski definition) is 7. The molecule has 0 radical (unpaired) electrons. The number of H-pyrrole nitrogens is 1. The molecular formula is C26H20ClN7O. The first-order chi connectivity index (χ1) is 17.1. The summed E-state index contributed by atoms with van der Waals surface area (Å²) in [5.41, 5.74) is 13.1. The van der Waals surface area contributed by atoms with E-state index < -0.39 is 6.17 Å². The predicted molar refractivity (Wildman–Crippen MR) is 136 cm³/mol. The highest BCUT2D eigenvalue weighted by Crippen LogP contribution is 2.41. The van der Waals surface area contributed by atoms with Gasteiger partial charge in [0.1, 0.15) is 29.5 Å². The molecule has 0 spiro atoms. The van der Waals surface area contributed by atoms with Crippen LogP contribution in [0.2, 0.25) is 5.02 Å². The molecule has 0 aliphatic carbocycles. The van der Waals surface area contributed by atoms with Crippen molar-refractivity contribution in [2.75, 3.05) is 4.90 Å². The lowest BCUT2D eigenvalue weighted by molar-refractivity contribution is 0.458. The molecule has 0 saturated carbocycles. The molecule has 3 N–H and O–H groups in total. The Morgan fingerprint density at radius 3 is 2.74 bits per heavy atom. The normalized spacial score (nSPS) is 14.8. The number of aryl methyl sites for hydroxylation is 1. The van der Waals surface area contributed by atoms with E-state index in [4.69, 9.17) is 22.1 Å². The largest absolute Gasteiger partial charge is 0.437 e. The van der Waals surface area contributed by atoms with Crippen LogP contribution in [0, 0.1) is 6.92 Å². The van der Waals surface area contributed by atoms with Gasteiger partial charge in [0.15, 0.2) is 5.65 Å². The summed E-state index contributed by atoms with van der Waals surface area (Å²) in [5, 5.41) is 0.678. The number of halogens is 1. The summed E-state index contributed by atoms with van der Waals surface area (Å²) in [4.78, 5) is 22.5. The van der Waals surface area contributed by atoms with E-state index in [1.54, 1.807) is 12.5 Å². The average molecular weight is 482 g/mol. The van der Waals surface area contributed by atoms with Gasteiger partial charge in [-0.25, -0.2) is 19.9 Å². The fourth-order valence-electron chi connectivity index (χ4n) is 4.26. The minimum absolute atomic E-state index is 0.395. The molecule has 172 valence electrons. The number of benzene rings is 2. The van der Waals surface area contributed by atoms with Crippen molar-refractivity contribution in [2.45, 2.75) is 13.1 Å². The van der Waals surface area contributed by atoms with Crippen LogP contribution in [-0.2, 0) is 0 Å². The molecule has 1 unspecified atom stereocenters. The third-order valence-electron chi connectivity index (χ3n) is 6.02. The Kier molecular flexibility index (Phi) is 5.17. The number of anilines is 1. The van der Waals surface area contributed by atoms with Gasteiger partial charge in [0.05, 0.1) is 11.9 Å². The van der Waals surface area contributed by atoms with Crippen molar-refractivity contribution < 1.29 is 4.74 Å². The summed E-state index contributed by atoms with van der Waals surface area (Å²) < 4.78 is 6.48. The first-order valence-corrected chi connectivity index (χ1v) is 11.4. The zero-order valence-electron chi connectivity index (χ0n) is 18.7. The molecule has 0 amide bonds. The van der Waals surface area contributed by atoms with Gasteiger partial charge in [0, 0.05) is 34.2 Å². The van der Waals surface area contributed by atoms with Gasteiger partial charge in [-0.05, 0) is 55.0 Å². The first-order valence-electron chi connectivity index (χ1n) is 11.0. The van der Waals surface area contributed by atoms with Crippen LogP contribution >= 0.6 is 11.6 Å². The van der Waals surface area contributed by atoms with Gasteiger partial charge >= 0.3 is 0 Å². The first kappa shape index (κ1) is 21.3. The zero-order valence-corrected chi connectivity index (χ0v) is 19.4. The van der Waals surface area contributed by atoms with Gasteiger partial charge in [-0.3, -0.25) is 0 Å². The molecule has 8 nitrogen and oxygen atoms in total. The molecule has 9 heteroatoms. The van der Waals surface area contributed by atoms with E-state index in [0.29, 0.717) is 28.0 Å². The van der Waals surface area contributed by atoms with Crippen LogP contribution in [0.15, 0.2) is 73.6 Å². The van der Waals surface area contributed by atoms with Crippen molar-refractivity contribution in [2.24, 2.45) is 5.73 Å². The van der Waals surface area contributed by atoms with Crippen molar-refractivity contribution in [3.63, 3.8) is 0 Å². The monoisotopic (exact) mass is 481 g/mol. The predicted octanol–water partition coefficient (Wildman–Crippen LogP) is 5.62. The molecule has 6 rings (SSSR count). The Labute approximate surface area is 206 Å². The van der Waals surface area contributed by atoms with Gasteiger partial charge in [-0.1, -0.05) is 23.7 Å². The van der Waals surface area contributed by atoms with Crippen LogP contribution < -0.4 is 15.4 Å². The molecule has 1 aliphatic rings. The fraction of sp³-hybridized carbons (Fsp3) is 0.0769. The smallest absolute Gasteiger partial charge is 0.228 e. The number of ether oxygens (including phenoxy) is 1. The lowest BCUT2D eigenvalue weighted by Crippen LogP contribution is -2.32. The summed E-state index contributed by atoms with van der Waals surface area (Å²) in [5.74, 6) is 1.13.